The number of likely N-dealkylation sites (N-methyl/N-ethyl adjacent to an activating group) is 1. The van der Waals surface area contributed by atoms with Crippen LogP contribution in [0.1, 0.15) is 19.4 Å². The van der Waals surface area contributed by atoms with Gasteiger partial charge in [0.2, 0.25) is 5.91 Å². The monoisotopic (exact) mass is 545 g/mol. The van der Waals surface area contributed by atoms with Crippen LogP contribution in [-0.4, -0.2) is 39.6 Å². The fourth-order valence-electron chi connectivity index (χ4n) is 3.81. The van der Waals surface area contributed by atoms with E-state index in [-0.39, 0.29) is 17.7 Å². The van der Waals surface area contributed by atoms with Gasteiger partial charge >= 0.3 is 0 Å². The zero-order valence-electron chi connectivity index (χ0n) is 18.0. The summed E-state index contributed by atoms with van der Waals surface area (Å²) in [6, 6.07) is 12.4. The van der Waals surface area contributed by atoms with Crippen LogP contribution in [0.4, 0.5) is 10.5 Å². The lowest BCUT2D eigenvalue weighted by atomic mass is 10.1. The molecule has 0 unspecified atom stereocenters. The quantitative estimate of drug-likeness (QED) is 0.347. The highest BCUT2D eigenvalue weighted by Gasteiger charge is 2.36. The van der Waals surface area contributed by atoms with Gasteiger partial charge < -0.3 is 9.47 Å². The van der Waals surface area contributed by atoms with E-state index in [4.69, 9.17) is 11.6 Å². The predicted molar refractivity (Wildman–Crippen MR) is 137 cm³/mol. The van der Waals surface area contributed by atoms with E-state index < -0.39 is 5.91 Å². The van der Waals surface area contributed by atoms with Gasteiger partial charge in [0.05, 0.1) is 10.6 Å². The molecule has 1 aromatic heterocycles. The Bertz CT molecular complexity index is 1300. The number of rotatable bonds is 6. The third-order valence-corrected chi connectivity index (χ3v) is 7.04. The zero-order chi connectivity index (χ0) is 23.7. The molecule has 170 valence electrons. The van der Waals surface area contributed by atoms with Crippen molar-refractivity contribution in [3.63, 3.8) is 0 Å². The van der Waals surface area contributed by atoms with Gasteiger partial charge in [-0.2, -0.15) is 0 Å². The summed E-state index contributed by atoms with van der Waals surface area (Å²) in [4.78, 5) is 41.7. The number of carbonyl (C=O) groups excluding carboxylic acids is 3. The normalized spacial score (nSPS) is 15.2. The molecule has 33 heavy (non-hydrogen) atoms. The molecule has 0 spiro atoms. The topological polar surface area (TPSA) is 62.6 Å². The summed E-state index contributed by atoms with van der Waals surface area (Å²) in [6.45, 7) is 5.38. The Kier molecular flexibility index (Phi) is 6.97. The van der Waals surface area contributed by atoms with Crippen molar-refractivity contribution < 1.29 is 14.4 Å². The number of hydrogen-bond acceptors (Lipinski definition) is 4. The van der Waals surface area contributed by atoms with E-state index in [0.717, 1.165) is 37.6 Å². The van der Waals surface area contributed by atoms with Gasteiger partial charge in [-0.3, -0.25) is 14.4 Å². The van der Waals surface area contributed by atoms with Gasteiger partial charge in [0.1, 0.15) is 6.54 Å². The molecule has 0 radical (unpaired) electrons. The number of carbonyl (C=O) groups is 3. The summed E-state index contributed by atoms with van der Waals surface area (Å²) < 4.78 is 2.76. The van der Waals surface area contributed by atoms with Crippen LogP contribution in [-0.2, 0) is 16.1 Å². The number of anilines is 1. The van der Waals surface area contributed by atoms with Gasteiger partial charge in [0, 0.05) is 45.2 Å². The Labute approximate surface area is 209 Å². The predicted octanol–water partition coefficient (Wildman–Crippen LogP) is 6.17. The molecular formula is C24H21BrClN3O3S. The Balaban J connectivity index is 1.72. The highest BCUT2D eigenvalue weighted by atomic mass is 79.9. The maximum Gasteiger partial charge on any atom is 0.298 e. The van der Waals surface area contributed by atoms with E-state index in [1.54, 1.807) is 35.2 Å². The molecule has 1 aliphatic rings. The van der Waals surface area contributed by atoms with E-state index in [1.807, 2.05) is 42.8 Å². The van der Waals surface area contributed by atoms with Crippen LogP contribution in [0.3, 0.4) is 0 Å². The third-order valence-electron chi connectivity index (χ3n) is 5.44. The van der Waals surface area contributed by atoms with E-state index in [2.05, 4.69) is 15.9 Å². The van der Waals surface area contributed by atoms with Crippen LogP contribution < -0.4 is 4.90 Å². The second-order valence-electron chi connectivity index (χ2n) is 7.44. The summed E-state index contributed by atoms with van der Waals surface area (Å²) in [5.41, 5.74) is 2.07. The molecule has 2 heterocycles. The molecule has 0 atom stereocenters. The summed E-state index contributed by atoms with van der Waals surface area (Å²) in [7, 11) is 0. The molecule has 0 aliphatic carbocycles. The number of imide groups is 1. The van der Waals surface area contributed by atoms with Crippen LogP contribution in [0.5, 0.6) is 0 Å². The lowest BCUT2D eigenvalue weighted by molar-refractivity contribution is -0.131. The van der Waals surface area contributed by atoms with Crippen LogP contribution in [0.25, 0.3) is 17.0 Å². The SMILES string of the molecule is CCN(CC)C(=O)Cn1cc(/C=C2\SC(=O)N(c3cccc(Cl)c3)C2=O)c2cc(Br)ccc21. The average Bonchev–Trinajstić information content (AvgIpc) is 3.24. The minimum Gasteiger partial charge on any atom is -0.342 e. The molecule has 6 nitrogen and oxygen atoms in total. The van der Waals surface area contributed by atoms with Crippen LogP contribution in [0.2, 0.25) is 5.02 Å². The zero-order valence-corrected chi connectivity index (χ0v) is 21.2. The van der Waals surface area contributed by atoms with E-state index in [1.165, 1.54) is 0 Å². The minimum absolute atomic E-state index is 0.0210. The number of nitrogens with zero attached hydrogens (tertiary/aromatic N) is 3. The second-order valence-corrected chi connectivity index (χ2v) is 9.78. The van der Waals surface area contributed by atoms with Crippen LogP contribution in [0.15, 0.2) is 58.0 Å². The third kappa shape index (κ3) is 4.74. The van der Waals surface area contributed by atoms with Gasteiger partial charge in [0.25, 0.3) is 11.1 Å². The maximum atomic E-state index is 13.1. The van der Waals surface area contributed by atoms with Gasteiger partial charge in [-0.15, -0.1) is 0 Å². The van der Waals surface area contributed by atoms with Gasteiger partial charge in [-0.05, 0) is 68.1 Å². The Morgan fingerprint density at radius 3 is 2.61 bits per heavy atom. The van der Waals surface area contributed by atoms with Gasteiger partial charge in [-0.1, -0.05) is 33.6 Å². The first kappa shape index (κ1) is 23.6. The van der Waals surface area contributed by atoms with Crippen LogP contribution in [0, 0.1) is 0 Å². The summed E-state index contributed by atoms with van der Waals surface area (Å²) >= 11 is 10.4. The van der Waals surface area contributed by atoms with E-state index in [9.17, 15) is 14.4 Å². The highest BCUT2D eigenvalue weighted by molar-refractivity contribution is 9.10. The molecule has 4 rings (SSSR count). The Morgan fingerprint density at radius 2 is 1.91 bits per heavy atom. The van der Waals surface area contributed by atoms with Crippen molar-refractivity contribution in [2.75, 3.05) is 18.0 Å². The van der Waals surface area contributed by atoms with Gasteiger partial charge in [-0.25, -0.2) is 4.90 Å². The van der Waals surface area contributed by atoms with Crippen molar-refractivity contribution in [1.82, 2.24) is 9.47 Å². The number of thioether (sulfide) groups is 1. The summed E-state index contributed by atoms with van der Waals surface area (Å²) in [5, 5.41) is 0.947. The van der Waals surface area contributed by atoms with Crippen molar-refractivity contribution in [2.24, 2.45) is 0 Å². The minimum atomic E-state index is -0.401. The first-order chi connectivity index (χ1) is 15.8. The Hall–Kier alpha value is -2.55. The molecule has 0 bridgehead atoms. The first-order valence-corrected chi connectivity index (χ1v) is 12.4. The molecule has 2 aromatic carbocycles. The smallest absolute Gasteiger partial charge is 0.298 e. The first-order valence-electron chi connectivity index (χ1n) is 10.4. The molecule has 1 saturated heterocycles. The molecule has 1 aliphatic heterocycles. The standard InChI is InChI=1S/C24H21BrClN3O3S/c1-3-27(4-2)22(30)14-28-13-15(19-11-16(25)8-9-20(19)28)10-21-23(31)29(24(32)33-21)18-7-5-6-17(26)12-18/h5-13H,3-4,14H2,1-2H3/b21-10-. The average molecular weight is 547 g/mol. The molecule has 3 amide bonds. The molecule has 3 aromatic rings. The number of benzene rings is 2. The molecule has 0 saturated carbocycles. The van der Waals surface area contributed by atoms with Crippen molar-refractivity contribution in [3.05, 3.63) is 68.6 Å². The van der Waals surface area contributed by atoms with Gasteiger partial charge in [0.15, 0.2) is 0 Å². The number of fused-ring (bicyclic) bond motifs is 1. The summed E-state index contributed by atoms with van der Waals surface area (Å²) in [5.74, 6) is -0.380. The lowest BCUT2D eigenvalue weighted by Crippen LogP contribution is -2.33. The summed E-state index contributed by atoms with van der Waals surface area (Å²) in [6.07, 6.45) is 3.56. The lowest BCUT2D eigenvalue weighted by Gasteiger charge is -2.19. The molecule has 0 N–H and O–H groups in total. The van der Waals surface area contributed by atoms with E-state index in [0.29, 0.717) is 28.7 Å². The number of amides is 3. The number of aromatic nitrogens is 1. The van der Waals surface area contributed by atoms with Crippen molar-refractivity contribution in [1.29, 1.82) is 0 Å². The molecule has 1 fully saturated rings. The fourth-order valence-corrected chi connectivity index (χ4v) is 5.19. The van der Waals surface area contributed by atoms with Crippen LogP contribution >= 0.6 is 39.3 Å². The maximum absolute atomic E-state index is 13.1. The number of halogens is 2. The van der Waals surface area contributed by atoms with Crippen molar-refractivity contribution in [2.45, 2.75) is 20.4 Å². The molecule has 9 heteroatoms. The Morgan fingerprint density at radius 1 is 1.15 bits per heavy atom. The molecular weight excluding hydrogens is 526 g/mol. The fraction of sp³-hybridized carbons (Fsp3) is 0.208. The second kappa shape index (κ2) is 9.75. The highest BCUT2D eigenvalue weighted by Crippen LogP contribution is 2.37. The largest absolute Gasteiger partial charge is 0.342 e. The van der Waals surface area contributed by atoms with Crippen molar-refractivity contribution >= 4 is 79.0 Å². The van der Waals surface area contributed by atoms with Crippen molar-refractivity contribution in [3.8, 4) is 0 Å². The number of hydrogen-bond donors (Lipinski definition) is 0. The van der Waals surface area contributed by atoms with E-state index >= 15 is 0 Å².